The van der Waals surface area contributed by atoms with Gasteiger partial charge in [-0.3, -0.25) is 4.79 Å². The van der Waals surface area contributed by atoms with E-state index in [9.17, 15) is 4.79 Å². The second-order valence-electron chi connectivity index (χ2n) is 4.01. The molecular formula is C10H21NO3. The van der Waals surface area contributed by atoms with Gasteiger partial charge in [0.05, 0.1) is 5.92 Å². The first-order valence-corrected chi connectivity index (χ1v) is 5.04. The summed E-state index contributed by atoms with van der Waals surface area (Å²) in [6.07, 6.45) is 1.52. The largest absolute Gasteiger partial charge is 0.481 e. The molecule has 0 saturated heterocycles. The smallest absolute Gasteiger partial charge is 0.307 e. The summed E-state index contributed by atoms with van der Waals surface area (Å²) in [6, 6.07) is 0. The maximum absolute atomic E-state index is 10.6. The number of nitrogens with one attached hydrogen (secondary N) is 1. The van der Waals surface area contributed by atoms with Crippen molar-refractivity contribution < 1.29 is 15.0 Å². The maximum Gasteiger partial charge on any atom is 0.307 e. The van der Waals surface area contributed by atoms with Crippen molar-refractivity contribution in [3.05, 3.63) is 0 Å². The third-order valence-corrected chi connectivity index (χ3v) is 2.70. The Morgan fingerprint density at radius 1 is 1.57 bits per heavy atom. The van der Waals surface area contributed by atoms with E-state index in [0.717, 1.165) is 6.42 Å². The molecular weight excluding hydrogens is 182 g/mol. The van der Waals surface area contributed by atoms with Crippen LogP contribution < -0.4 is 5.32 Å². The van der Waals surface area contributed by atoms with Crippen LogP contribution in [0.15, 0.2) is 0 Å². The van der Waals surface area contributed by atoms with E-state index in [1.54, 1.807) is 6.92 Å². The molecule has 0 saturated carbocycles. The summed E-state index contributed by atoms with van der Waals surface area (Å²) in [6.45, 7) is 6.26. The van der Waals surface area contributed by atoms with Gasteiger partial charge in [0.25, 0.3) is 0 Å². The summed E-state index contributed by atoms with van der Waals surface area (Å²) in [5, 5.41) is 20.7. The van der Waals surface area contributed by atoms with Gasteiger partial charge in [0.1, 0.15) is 0 Å². The molecule has 0 aliphatic rings. The maximum atomic E-state index is 10.6. The van der Waals surface area contributed by atoms with Crippen molar-refractivity contribution in [1.82, 2.24) is 5.32 Å². The van der Waals surface area contributed by atoms with E-state index >= 15 is 0 Å². The molecule has 4 heteroatoms. The molecule has 3 N–H and O–H groups in total. The predicted octanol–water partition coefficient (Wildman–Crippen LogP) is 0.848. The molecule has 0 amide bonds. The van der Waals surface area contributed by atoms with Crippen LogP contribution >= 0.6 is 0 Å². The molecule has 2 unspecified atom stereocenters. The average molecular weight is 203 g/mol. The van der Waals surface area contributed by atoms with Crippen LogP contribution in [0.25, 0.3) is 0 Å². The molecule has 0 fully saturated rings. The van der Waals surface area contributed by atoms with E-state index in [0.29, 0.717) is 13.0 Å². The topological polar surface area (TPSA) is 69.6 Å². The molecule has 0 aromatic heterocycles. The third kappa shape index (κ3) is 4.58. The van der Waals surface area contributed by atoms with Gasteiger partial charge >= 0.3 is 5.97 Å². The van der Waals surface area contributed by atoms with Gasteiger partial charge in [0, 0.05) is 18.7 Å². The Balaban J connectivity index is 4.00. The van der Waals surface area contributed by atoms with Crippen molar-refractivity contribution in [1.29, 1.82) is 0 Å². The first kappa shape index (κ1) is 13.4. The second kappa shape index (κ2) is 5.98. The Kier molecular flexibility index (Phi) is 5.72. The van der Waals surface area contributed by atoms with Crippen LogP contribution in [0, 0.1) is 5.92 Å². The summed E-state index contributed by atoms with van der Waals surface area (Å²) in [7, 11) is 0. The third-order valence-electron chi connectivity index (χ3n) is 2.70. The number of aliphatic carboxylic acids is 1. The minimum Gasteiger partial charge on any atom is -0.481 e. The number of carbonyl (C=O) groups is 1. The average Bonchev–Trinajstić information content (AvgIpc) is 2.14. The molecule has 0 aromatic carbocycles. The van der Waals surface area contributed by atoms with Gasteiger partial charge in [-0.2, -0.15) is 0 Å². The molecule has 0 aliphatic heterocycles. The van der Waals surface area contributed by atoms with Gasteiger partial charge in [0.15, 0.2) is 0 Å². The van der Waals surface area contributed by atoms with Gasteiger partial charge in [-0.05, 0) is 19.8 Å². The van der Waals surface area contributed by atoms with E-state index in [-0.39, 0.29) is 18.1 Å². The monoisotopic (exact) mass is 203 g/mol. The number of aliphatic hydroxyl groups is 1. The van der Waals surface area contributed by atoms with Gasteiger partial charge < -0.3 is 15.5 Å². The molecule has 0 rings (SSSR count). The Bertz CT molecular complexity index is 184. The number of hydrogen-bond donors (Lipinski definition) is 3. The van der Waals surface area contributed by atoms with Crippen molar-refractivity contribution in [3.63, 3.8) is 0 Å². The highest BCUT2D eigenvalue weighted by Gasteiger charge is 2.22. The number of carboxylic acids is 1. The summed E-state index contributed by atoms with van der Waals surface area (Å²) in [5.41, 5.74) is -0.154. The number of carboxylic acid groups (broad SMARTS) is 1. The fourth-order valence-electron chi connectivity index (χ4n) is 1.12. The van der Waals surface area contributed by atoms with Crippen molar-refractivity contribution in [2.75, 3.05) is 13.2 Å². The summed E-state index contributed by atoms with van der Waals surface area (Å²) >= 11 is 0. The highest BCUT2D eigenvalue weighted by Crippen LogP contribution is 2.14. The van der Waals surface area contributed by atoms with Crippen LogP contribution in [0.4, 0.5) is 0 Å². The molecule has 0 radical (unpaired) electrons. The van der Waals surface area contributed by atoms with E-state index in [2.05, 4.69) is 5.32 Å². The van der Waals surface area contributed by atoms with Crippen LogP contribution in [-0.2, 0) is 4.79 Å². The van der Waals surface area contributed by atoms with Crippen molar-refractivity contribution in [2.24, 2.45) is 5.92 Å². The van der Waals surface area contributed by atoms with E-state index in [1.165, 1.54) is 0 Å². The van der Waals surface area contributed by atoms with Crippen LogP contribution in [0.5, 0.6) is 0 Å². The predicted molar refractivity (Wildman–Crippen MR) is 55.2 cm³/mol. The molecule has 0 bridgehead atoms. The fraction of sp³-hybridized carbons (Fsp3) is 0.900. The zero-order chi connectivity index (χ0) is 11.2. The van der Waals surface area contributed by atoms with Crippen molar-refractivity contribution in [3.8, 4) is 0 Å². The molecule has 0 spiro atoms. The van der Waals surface area contributed by atoms with Crippen LogP contribution in [0.2, 0.25) is 0 Å². The zero-order valence-corrected chi connectivity index (χ0v) is 9.21. The normalized spacial score (nSPS) is 17.4. The Hall–Kier alpha value is -0.610. The molecule has 14 heavy (non-hydrogen) atoms. The molecule has 0 heterocycles. The number of rotatable bonds is 7. The minimum absolute atomic E-state index is 0.124. The van der Waals surface area contributed by atoms with Crippen molar-refractivity contribution in [2.45, 2.75) is 39.2 Å². The molecule has 0 aliphatic carbocycles. The molecule has 84 valence electrons. The lowest BCUT2D eigenvalue weighted by atomic mass is 9.94. The minimum atomic E-state index is -0.792. The standard InChI is InChI=1S/C10H21NO3/c1-4-10(3,5-6-12)11-7-8(2)9(13)14/h8,11-12H,4-7H2,1-3H3,(H,13,14). The van der Waals surface area contributed by atoms with Gasteiger partial charge in [-0.1, -0.05) is 13.8 Å². The highest BCUT2D eigenvalue weighted by molar-refractivity contribution is 5.69. The first-order valence-electron chi connectivity index (χ1n) is 5.04. The van der Waals surface area contributed by atoms with Gasteiger partial charge in [-0.15, -0.1) is 0 Å². The lowest BCUT2D eigenvalue weighted by molar-refractivity contribution is -0.141. The summed E-state index contributed by atoms with van der Waals surface area (Å²) in [4.78, 5) is 10.6. The van der Waals surface area contributed by atoms with Gasteiger partial charge in [0.2, 0.25) is 0 Å². The molecule has 4 nitrogen and oxygen atoms in total. The van der Waals surface area contributed by atoms with E-state index in [4.69, 9.17) is 10.2 Å². The Labute approximate surface area is 85.3 Å². The Morgan fingerprint density at radius 2 is 2.14 bits per heavy atom. The molecule has 2 atom stereocenters. The lowest BCUT2D eigenvalue weighted by Crippen LogP contribution is -2.45. The van der Waals surface area contributed by atoms with E-state index in [1.807, 2.05) is 13.8 Å². The second-order valence-corrected chi connectivity index (χ2v) is 4.01. The van der Waals surface area contributed by atoms with E-state index < -0.39 is 5.97 Å². The fourth-order valence-corrected chi connectivity index (χ4v) is 1.12. The number of aliphatic hydroxyl groups excluding tert-OH is 1. The Morgan fingerprint density at radius 3 is 2.50 bits per heavy atom. The quantitative estimate of drug-likeness (QED) is 0.573. The van der Waals surface area contributed by atoms with Crippen LogP contribution in [0.3, 0.4) is 0 Å². The van der Waals surface area contributed by atoms with Crippen LogP contribution in [-0.4, -0.2) is 34.9 Å². The first-order chi connectivity index (χ1) is 6.45. The summed E-state index contributed by atoms with van der Waals surface area (Å²) in [5.74, 6) is -1.18. The highest BCUT2D eigenvalue weighted by atomic mass is 16.4. The van der Waals surface area contributed by atoms with Gasteiger partial charge in [-0.25, -0.2) is 0 Å². The van der Waals surface area contributed by atoms with Crippen LogP contribution in [0.1, 0.15) is 33.6 Å². The number of hydrogen-bond acceptors (Lipinski definition) is 3. The summed E-state index contributed by atoms with van der Waals surface area (Å²) < 4.78 is 0. The molecule has 0 aromatic rings. The SMILES string of the molecule is CCC(C)(CCO)NCC(C)C(=O)O. The lowest BCUT2D eigenvalue weighted by Gasteiger charge is -2.30. The zero-order valence-electron chi connectivity index (χ0n) is 9.21. The van der Waals surface area contributed by atoms with Crippen molar-refractivity contribution >= 4 is 5.97 Å².